The van der Waals surface area contributed by atoms with Gasteiger partial charge in [0.2, 0.25) is 5.91 Å². The molecule has 0 unspecified atom stereocenters. The second kappa shape index (κ2) is 6.64. The van der Waals surface area contributed by atoms with Crippen LogP contribution in [0.4, 0.5) is 0 Å². The Labute approximate surface area is 80.9 Å². The molecule has 0 fully saturated rings. The number of amides is 1. The molecular formula is C8H11NO5. The molecule has 6 nitrogen and oxygen atoms in total. The smallest absolute Gasteiger partial charge is 0.330 e. The summed E-state index contributed by atoms with van der Waals surface area (Å²) in [6.45, 7) is -0.235. The average molecular weight is 201 g/mol. The van der Waals surface area contributed by atoms with Gasteiger partial charge < -0.3 is 14.8 Å². The Bertz CT molecular complexity index is 258. The number of nitrogens with one attached hydrogen (secondary N) is 1. The van der Waals surface area contributed by atoms with Crippen LogP contribution in [0.25, 0.3) is 0 Å². The van der Waals surface area contributed by atoms with E-state index in [1.165, 1.54) is 14.2 Å². The lowest BCUT2D eigenvalue weighted by Gasteiger charge is -1.98. The maximum atomic E-state index is 10.9. The number of carbonyl (C=O) groups excluding carboxylic acids is 3. The monoisotopic (exact) mass is 201 g/mol. The standard InChI is InChI=1S/C8H11NO5/c1-13-7(11)4-3-6(10)9-5-8(12)14-2/h3-4H,5H2,1-2H3,(H,9,10)/b4-3+. The van der Waals surface area contributed by atoms with Gasteiger partial charge in [0.1, 0.15) is 6.54 Å². The van der Waals surface area contributed by atoms with Crippen molar-refractivity contribution in [2.75, 3.05) is 20.8 Å². The van der Waals surface area contributed by atoms with E-state index in [0.29, 0.717) is 0 Å². The molecule has 0 saturated heterocycles. The summed E-state index contributed by atoms with van der Waals surface area (Å²) in [5.74, 6) is -1.77. The first-order chi connectivity index (χ1) is 6.60. The Morgan fingerprint density at radius 3 is 2.29 bits per heavy atom. The van der Waals surface area contributed by atoms with E-state index < -0.39 is 17.8 Å². The van der Waals surface area contributed by atoms with E-state index >= 15 is 0 Å². The topological polar surface area (TPSA) is 81.7 Å². The van der Waals surface area contributed by atoms with Gasteiger partial charge in [0, 0.05) is 12.2 Å². The van der Waals surface area contributed by atoms with E-state index in [-0.39, 0.29) is 6.54 Å². The van der Waals surface area contributed by atoms with Crippen LogP contribution in [-0.2, 0) is 23.9 Å². The fraction of sp³-hybridized carbons (Fsp3) is 0.375. The zero-order valence-corrected chi connectivity index (χ0v) is 7.90. The van der Waals surface area contributed by atoms with E-state index in [2.05, 4.69) is 14.8 Å². The number of hydrogen-bond acceptors (Lipinski definition) is 5. The van der Waals surface area contributed by atoms with Gasteiger partial charge in [0.15, 0.2) is 0 Å². The van der Waals surface area contributed by atoms with Crippen LogP contribution >= 0.6 is 0 Å². The quantitative estimate of drug-likeness (QED) is 0.466. The minimum atomic E-state index is -0.641. The summed E-state index contributed by atoms with van der Waals surface area (Å²) in [6, 6.07) is 0. The number of esters is 2. The Balaban J connectivity index is 3.81. The maximum Gasteiger partial charge on any atom is 0.330 e. The third kappa shape index (κ3) is 5.76. The van der Waals surface area contributed by atoms with Crippen LogP contribution in [0, 0.1) is 0 Å². The molecule has 6 heteroatoms. The van der Waals surface area contributed by atoms with Crippen LogP contribution in [0.3, 0.4) is 0 Å². The minimum absolute atomic E-state index is 0.235. The summed E-state index contributed by atoms with van der Waals surface area (Å²) in [5, 5.41) is 2.20. The number of hydrogen-bond donors (Lipinski definition) is 1. The molecule has 14 heavy (non-hydrogen) atoms. The maximum absolute atomic E-state index is 10.9. The molecule has 0 aliphatic heterocycles. The van der Waals surface area contributed by atoms with Gasteiger partial charge in [-0.25, -0.2) is 4.79 Å². The zero-order valence-electron chi connectivity index (χ0n) is 7.90. The highest BCUT2D eigenvalue weighted by Gasteiger charge is 2.02. The lowest BCUT2D eigenvalue weighted by Crippen LogP contribution is -2.28. The van der Waals surface area contributed by atoms with Crippen molar-refractivity contribution in [3.63, 3.8) is 0 Å². The molecule has 1 N–H and O–H groups in total. The molecule has 0 rings (SSSR count). The molecule has 0 bridgehead atoms. The Morgan fingerprint density at radius 2 is 1.79 bits per heavy atom. The van der Waals surface area contributed by atoms with Crippen molar-refractivity contribution in [3.05, 3.63) is 12.2 Å². The highest BCUT2D eigenvalue weighted by atomic mass is 16.5. The third-order valence-electron chi connectivity index (χ3n) is 1.21. The van der Waals surface area contributed by atoms with Gasteiger partial charge >= 0.3 is 11.9 Å². The molecular weight excluding hydrogens is 190 g/mol. The Morgan fingerprint density at radius 1 is 1.14 bits per heavy atom. The summed E-state index contributed by atoms with van der Waals surface area (Å²) in [7, 11) is 2.40. The van der Waals surface area contributed by atoms with Gasteiger partial charge in [-0.3, -0.25) is 9.59 Å². The van der Waals surface area contributed by atoms with E-state index in [9.17, 15) is 14.4 Å². The highest BCUT2D eigenvalue weighted by Crippen LogP contribution is 1.79. The fourth-order valence-corrected chi connectivity index (χ4v) is 0.502. The molecule has 78 valence electrons. The first-order valence-electron chi connectivity index (χ1n) is 3.70. The largest absolute Gasteiger partial charge is 0.468 e. The Kier molecular flexibility index (Phi) is 5.77. The number of ether oxygens (including phenoxy) is 2. The first kappa shape index (κ1) is 12.2. The van der Waals surface area contributed by atoms with Crippen LogP contribution in [0.15, 0.2) is 12.2 Å². The summed E-state index contributed by atoms with van der Waals surface area (Å²) >= 11 is 0. The van der Waals surface area contributed by atoms with Crippen molar-refractivity contribution in [1.82, 2.24) is 5.32 Å². The molecule has 0 aromatic rings. The van der Waals surface area contributed by atoms with Crippen LogP contribution in [0.1, 0.15) is 0 Å². The lowest BCUT2D eigenvalue weighted by molar-refractivity contribution is -0.140. The summed E-state index contributed by atoms with van der Waals surface area (Å²) in [5.41, 5.74) is 0. The van der Waals surface area contributed by atoms with Gasteiger partial charge in [0.25, 0.3) is 0 Å². The number of rotatable bonds is 4. The van der Waals surface area contributed by atoms with Crippen molar-refractivity contribution < 1.29 is 23.9 Å². The molecule has 0 aromatic heterocycles. The molecule has 0 radical (unpaired) electrons. The number of methoxy groups -OCH3 is 2. The summed E-state index contributed by atoms with van der Waals surface area (Å²) in [6.07, 6.45) is 1.92. The normalized spacial score (nSPS) is 9.57. The second-order valence-electron chi connectivity index (χ2n) is 2.15. The van der Waals surface area contributed by atoms with Crippen molar-refractivity contribution in [2.24, 2.45) is 0 Å². The van der Waals surface area contributed by atoms with Crippen molar-refractivity contribution in [3.8, 4) is 0 Å². The first-order valence-corrected chi connectivity index (χ1v) is 3.70. The van der Waals surface area contributed by atoms with Gasteiger partial charge in [-0.15, -0.1) is 0 Å². The van der Waals surface area contributed by atoms with Crippen molar-refractivity contribution >= 4 is 17.8 Å². The molecule has 0 atom stereocenters. The van der Waals surface area contributed by atoms with Crippen LogP contribution in [0.5, 0.6) is 0 Å². The fourth-order valence-electron chi connectivity index (χ4n) is 0.502. The highest BCUT2D eigenvalue weighted by molar-refractivity contribution is 5.95. The second-order valence-corrected chi connectivity index (χ2v) is 2.15. The molecule has 0 aromatic carbocycles. The summed E-state index contributed by atoms with van der Waals surface area (Å²) in [4.78, 5) is 32.0. The van der Waals surface area contributed by atoms with E-state index in [0.717, 1.165) is 12.2 Å². The molecule has 0 spiro atoms. The van der Waals surface area contributed by atoms with Crippen LogP contribution in [0.2, 0.25) is 0 Å². The third-order valence-corrected chi connectivity index (χ3v) is 1.21. The van der Waals surface area contributed by atoms with E-state index in [1.54, 1.807) is 0 Å². The molecule has 0 heterocycles. The predicted molar refractivity (Wildman–Crippen MR) is 46.2 cm³/mol. The minimum Gasteiger partial charge on any atom is -0.468 e. The van der Waals surface area contributed by atoms with E-state index in [1.807, 2.05) is 0 Å². The molecule has 1 amide bonds. The van der Waals surface area contributed by atoms with Crippen LogP contribution in [-0.4, -0.2) is 38.6 Å². The van der Waals surface area contributed by atoms with E-state index in [4.69, 9.17) is 0 Å². The molecule has 0 aliphatic rings. The zero-order chi connectivity index (χ0) is 11.0. The van der Waals surface area contributed by atoms with Crippen molar-refractivity contribution in [2.45, 2.75) is 0 Å². The van der Waals surface area contributed by atoms with Crippen molar-refractivity contribution in [1.29, 1.82) is 0 Å². The van der Waals surface area contributed by atoms with Crippen LogP contribution < -0.4 is 5.32 Å². The molecule has 0 saturated carbocycles. The van der Waals surface area contributed by atoms with Gasteiger partial charge in [-0.2, -0.15) is 0 Å². The number of carbonyl (C=O) groups is 3. The SMILES string of the molecule is COC(=O)/C=C/C(=O)NCC(=O)OC. The molecule has 0 aliphatic carbocycles. The van der Waals surface area contributed by atoms with Gasteiger partial charge in [0.05, 0.1) is 14.2 Å². The predicted octanol–water partition coefficient (Wildman–Crippen LogP) is -0.995. The van der Waals surface area contributed by atoms with Gasteiger partial charge in [-0.1, -0.05) is 0 Å². The lowest BCUT2D eigenvalue weighted by atomic mass is 10.4. The average Bonchev–Trinajstić information content (AvgIpc) is 2.22. The van der Waals surface area contributed by atoms with Gasteiger partial charge in [-0.05, 0) is 0 Å². The summed E-state index contributed by atoms with van der Waals surface area (Å²) < 4.78 is 8.53. The Hall–Kier alpha value is -1.85.